The van der Waals surface area contributed by atoms with Crippen LogP contribution in [-0.2, 0) is 10.0 Å². The number of anilines is 3. The Morgan fingerprint density at radius 2 is 1.57 bits per heavy atom. The zero-order valence-corrected chi connectivity index (χ0v) is 16.1. The maximum Gasteiger partial charge on any atom is 0.262 e. The number of ether oxygens (including phenoxy) is 2. The standard InChI is InChI=1S/C21H20N2O4S/c1-2-23(17-6-4-3-5-7-17)18-10-8-16(9-11-18)22-28(24,25)19-12-13-20-21(14-19)27-15-26-20/h3-14,22H,2,15H2,1H3. The summed E-state index contributed by atoms with van der Waals surface area (Å²) < 4.78 is 38.5. The smallest absolute Gasteiger partial charge is 0.262 e. The summed E-state index contributed by atoms with van der Waals surface area (Å²) in [5.41, 5.74) is 2.56. The number of nitrogens with one attached hydrogen (secondary N) is 1. The van der Waals surface area contributed by atoms with E-state index in [9.17, 15) is 8.42 Å². The van der Waals surface area contributed by atoms with E-state index in [2.05, 4.69) is 16.5 Å². The topological polar surface area (TPSA) is 67.9 Å². The van der Waals surface area contributed by atoms with Gasteiger partial charge in [0.05, 0.1) is 4.90 Å². The van der Waals surface area contributed by atoms with Gasteiger partial charge < -0.3 is 14.4 Å². The summed E-state index contributed by atoms with van der Waals surface area (Å²) >= 11 is 0. The largest absolute Gasteiger partial charge is 0.454 e. The van der Waals surface area contributed by atoms with Crippen LogP contribution in [0.4, 0.5) is 17.1 Å². The lowest BCUT2D eigenvalue weighted by atomic mass is 10.2. The molecule has 1 heterocycles. The van der Waals surface area contributed by atoms with E-state index in [1.807, 2.05) is 42.5 Å². The zero-order chi connectivity index (χ0) is 19.6. The van der Waals surface area contributed by atoms with E-state index < -0.39 is 10.0 Å². The molecule has 28 heavy (non-hydrogen) atoms. The second-order valence-corrected chi connectivity index (χ2v) is 7.93. The maximum atomic E-state index is 12.7. The van der Waals surface area contributed by atoms with Gasteiger partial charge in [-0.3, -0.25) is 4.72 Å². The van der Waals surface area contributed by atoms with Gasteiger partial charge in [-0.25, -0.2) is 8.42 Å². The Kier molecular flexibility index (Phi) is 4.83. The summed E-state index contributed by atoms with van der Waals surface area (Å²) in [7, 11) is -3.72. The molecule has 1 aliphatic rings. The van der Waals surface area contributed by atoms with Gasteiger partial charge in [0, 0.05) is 29.7 Å². The minimum atomic E-state index is -3.72. The minimum absolute atomic E-state index is 0.100. The van der Waals surface area contributed by atoms with Gasteiger partial charge in [-0.15, -0.1) is 0 Å². The Balaban J connectivity index is 1.54. The molecule has 0 radical (unpaired) electrons. The fourth-order valence-electron chi connectivity index (χ4n) is 3.09. The molecule has 0 atom stereocenters. The molecule has 144 valence electrons. The average molecular weight is 396 g/mol. The molecule has 0 aliphatic carbocycles. The third kappa shape index (κ3) is 3.61. The lowest BCUT2D eigenvalue weighted by molar-refractivity contribution is 0.174. The van der Waals surface area contributed by atoms with Gasteiger partial charge in [0.2, 0.25) is 6.79 Å². The van der Waals surface area contributed by atoms with E-state index >= 15 is 0 Å². The van der Waals surface area contributed by atoms with E-state index in [1.165, 1.54) is 12.1 Å². The van der Waals surface area contributed by atoms with E-state index in [-0.39, 0.29) is 11.7 Å². The summed E-state index contributed by atoms with van der Waals surface area (Å²) in [5, 5.41) is 0. The third-order valence-electron chi connectivity index (χ3n) is 4.47. The van der Waals surface area contributed by atoms with Gasteiger partial charge in [0.25, 0.3) is 10.0 Å². The second-order valence-electron chi connectivity index (χ2n) is 6.25. The fraction of sp³-hybridized carbons (Fsp3) is 0.143. The number of rotatable bonds is 6. The number of nitrogens with zero attached hydrogens (tertiary/aromatic N) is 1. The van der Waals surface area contributed by atoms with Crippen molar-refractivity contribution >= 4 is 27.1 Å². The normalized spacial score (nSPS) is 12.6. The molecule has 0 amide bonds. The zero-order valence-electron chi connectivity index (χ0n) is 15.3. The average Bonchev–Trinajstić information content (AvgIpc) is 3.18. The Bertz CT molecular complexity index is 1070. The van der Waals surface area contributed by atoms with Crippen LogP contribution in [0.1, 0.15) is 6.92 Å². The Morgan fingerprint density at radius 3 is 2.29 bits per heavy atom. The van der Waals surface area contributed by atoms with Gasteiger partial charge in [-0.2, -0.15) is 0 Å². The number of benzene rings is 3. The molecule has 0 unspecified atom stereocenters. The van der Waals surface area contributed by atoms with Gasteiger partial charge in [0.15, 0.2) is 11.5 Å². The van der Waals surface area contributed by atoms with Crippen molar-refractivity contribution in [2.45, 2.75) is 11.8 Å². The van der Waals surface area contributed by atoms with Crippen LogP contribution in [0.15, 0.2) is 77.7 Å². The highest BCUT2D eigenvalue weighted by Crippen LogP contribution is 2.34. The van der Waals surface area contributed by atoms with Gasteiger partial charge in [-0.1, -0.05) is 18.2 Å². The molecule has 0 aromatic heterocycles. The molecule has 0 spiro atoms. The van der Waals surface area contributed by atoms with Crippen molar-refractivity contribution < 1.29 is 17.9 Å². The first kappa shape index (κ1) is 18.2. The van der Waals surface area contributed by atoms with E-state index in [4.69, 9.17) is 9.47 Å². The molecule has 0 bridgehead atoms. The summed E-state index contributed by atoms with van der Waals surface area (Å²) in [5.74, 6) is 0.976. The molecule has 4 rings (SSSR count). The Hall–Kier alpha value is -3.19. The molecule has 1 N–H and O–H groups in total. The molecule has 0 saturated carbocycles. The molecule has 1 aliphatic heterocycles. The first-order chi connectivity index (χ1) is 13.6. The number of para-hydroxylation sites is 1. The first-order valence-corrected chi connectivity index (χ1v) is 10.4. The number of sulfonamides is 1. The highest BCUT2D eigenvalue weighted by atomic mass is 32.2. The van der Waals surface area contributed by atoms with Crippen molar-refractivity contribution in [2.75, 3.05) is 23.0 Å². The maximum absolute atomic E-state index is 12.7. The second kappa shape index (κ2) is 7.44. The van der Waals surface area contributed by atoms with Gasteiger partial charge in [-0.05, 0) is 55.5 Å². The molecular formula is C21H20N2O4S. The van der Waals surface area contributed by atoms with E-state index in [1.54, 1.807) is 18.2 Å². The minimum Gasteiger partial charge on any atom is -0.454 e. The summed E-state index contributed by atoms with van der Waals surface area (Å²) in [6.45, 7) is 2.97. The lowest BCUT2D eigenvalue weighted by Gasteiger charge is -2.23. The van der Waals surface area contributed by atoms with Crippen LogP contribution < -0.4 is 19.1 Å². The van der Waals surface area contributed by atoms with Crippen molar-refractivity contribution in [3.05, 3.63) is 72.8 Å². The highest BCUT2D eigenvalue weighted by molar-refractivity contribution is 7.92. The van der Waals surface area contributed by atoms with Crippen LogP contribution in [0.25, 0.3) is 0 Å². The van der Waals surface area contributed by atoms with Crippen molar-refractivity contribution in [1.29, 1.82) is 0 Å². The van der Waals surface area contributed by atoms with Crippen LogP contribution in [0.5, 0.6) is 11.5 Å². The molecular weight excluding hydrogens is 376 g/mol. The summed E-state index contributed by atoms with van der Waals surface area (Å²) in [6.07, 6.45) is 0. The Morgan fingerprint density at radius 1 is 0.893 bits per heavy atom. The van der Waals surface area contributed by atoms with Gasteiger partial charge >= 0.3 is 0 Å². The summed E-state index contributed by atoms with van der Waals surface area (Å²) in [4.78, 5) is 2.27. The van der Waals surface area contributed by atoms with Crippen LogP contribution in [-0.4, -0.2) is 21.8 Å². The SMILES string of the molecule is CCN(c1ccccc1)c1ccc(NS(=O)(=O)c2ccc3c(c2)OCO3)cc1. The number of fused-ring (bicyclic) bond motifs is 1. The van der Waals surface area contributed by atoms with Crippen LogP contribution in [0, 0.1) is 0 Å². The first-order valence-electron chi connectivity index (χ1n) is 8.92. The molecule has 0 saturated heterocycles. The van der Waals surface area contributed by atoms with Gasteiger partial charge in [0.1, 0.15) is 0 Å². The lowest BCUT2D eigenvalue weighted by Crippen LogP contribution is -2.16. The molecule has 6 nitrogen and oxygen atoms in total. The van der Waals surface area contributed by atoms with Crippen molar-refractivity contribution in [3.63, 3.8) is 0 Å². The highest BCUT2D eigenvalue weighted by Gasteiger charge is 2.20. The molecule has 3 aromatic carbocycles. The quantitative estimate of drug-likeness (QED) is 0.670. The van der Waals surface area contributed by atoms with E-state index in [0.717, 1.165) is 17.9 Å². The van der Waals surface area contributed by atoms with E-state index in [0.29, 0.717) is 17.2 Å². The predicted molar refractivity (Wildman–Crippen MR) is 109 cm³/mol. The van der Waals surface area contributed by atoms with Crippen molar-refractivity contribution in [2.24, 2.45) is 0 Å². The van der Waals surface area contributed by atoms with Crippen LogP contribution >= 0.6 is 0 Å². The van der Waals surface area contributed by atoms with Crippen molar-refractivity contribution in [3.8, 4) is 11.5 Å². The van der Waals surface area contributed by atoms with Crippen molar-refractivity contribution in [1.82, 2.24) is 0 Å². The Labute approximate surface area is 164 Å². The fourth-order valence-corrected chi connectivity index (χ4v) is 4.16. The van der Waals surface area contributed by atoms with Crippen LogP contribution in [0.3, 0.4) is 0 Å². The van der Waals surface area contributed by atoms with Crippen LogP contribution in [0.2, 0.25) is 0 Å². The third-order valence-corrected chi connectivity index (χ3v) is 5.85. The number of hydrogen-bond donors (Lipinski definition) is 1. The monoisotopic (exact) mass is 396 g/mol. The molecule has 0 fully saturated rings. The molecule has 7 heteroatoms. The predicted octanol–water partition coefficient (Wildman–Crippen LogP) is 4.37. The molecule has 3 aromatic rings. The summed E-state index contributed by atoms with van der Waals surface area (Å²) in [6, 6.07) is 21.9. The number of hydrogen-bond acceptors (Lipinski definition) is 5.